The van der Waals surface area contributed by atoms with Crippen molar-refractivity contribution in [2.24, 2.45) is 5.73 Å². The third-order valence-corrected chi connectivity index (χ3v) is 3.70. The number of amides is 1. The molecule has 5 nitrogen and oxygen atoms in total. The number of hydrogen-bond donors (Lipinski definition) is 2. The van der Waals surface area contributed by atoms with Crippen molar-refractivity contribution in [3.05, 3.63) is 35.4 Å². The Hall–Kier alpha value is -1.43. The standard InChI is InChI=1S/C15H23N3O2/c1-12-2-4-13(5-3-12)15(20)18-8-6-17(7-9-18)11-14(19)10-16/h2-5,14,19H,6-11,16H2,1H3. The van der Waals surface area contributed by atoms with Crippen LogP contribution >= 0.6 is 0 Å². The number of carbonyl (C=O) groups is 1. The molecule has 1 amide bonds. The zero-order valence-electron chi connectivity index (χ0n) is 12.0. The Kier molecular flexibility index (Phi) is 5.11. The molecule has 1 aromatic rings. The molecule has 1 aliphatic heterocycles. The molecule has 110 valence electrons. The minimum Gasteiger partial charge on any atom is -0.390 e. The zero-order valence-corrected chi connectivity index (χ0v) is 12.0. The van der Waals surface area contributed by atoms with Gasteiger partial charge >= 0.3 is 0 Å². The van der Waals surface area contributed by atoms with Gasteiger partial charge in [0.2, 0.25) is 0 Å². The topological polar surface area (TPSA) is 69.8 Å². The summed E-state index contributed by atoms with van der Waals surface area (Å²) < 4.78 is 0. The van der Waals surface area contributed by atoms with Gasteiger partial charge in [0.1, 0.15) is 0 Å². The van der Waals surface area contributed by atoms with Crippen LogP contribution in [0.25, 0.3) is 0 Å². The van der Waals surface area contributed by atoms with Gasteiger partial charge in [0, 0.05) is 44.8 Å². The Morgan fingerprint density at radius 1 is 1.25 bits per heavy atom. The lowest BCUT2D eigenvalue weighted by Gasteiger charge is -2.35. The molecule has 1 fully saturated rings. The summed E-state index contributed by atoms with van der Waals surface area (Å²) in [6, 6.07) is 7.67. The fourth-order valence-corrected chi connectivity index (χ4v) is 2.38. The summed E-state index contributed by atoms with van der Waals surface area (Å²) in [5.74, 6) is 0.0871. The van der Waals surface area contributed by atoms with Gasteiger partial charge < -0.3 is 15.7 Å². The molecule has 1 heterocycles. The molecule has 0 bridgehead atoms. The predicted octanol–water partition coefficient (Wildman–Crippen LogP) is 0.0724. The molecule has 0 spiro atoms. The zero-order chi connectivity index (χ0) is 14.5. The highest BCUT2D eigenvalue weighted by atomic mass is 16.3. The number of aliphatic hydroxyl groups excluding tert-OH is 1. The number of β-amino-alcohol motifs (C(OH)–C–C–N with tert-alkyl or cyclic N) is 1. The molecule has 1 saturated heterocycles. The van der Waals surface area contributed by atoms with Gasteiger partial charge in [-0.2, -0.15) is 0 Å². The highest BCUT2D eigenvalue weighted by Crippen LogP contribution is 2.10. The maximum Gasteiger partial charge on any atom is 0.253 e. The summed E-state index contributed by atoms with van der Waals surface area (Å²) in [6.07, 6.45) is -0.477. The molecule has 1 atom stereocenters. The number of nitrogens with zero attached hydrogens (tertiary/aromatic N) is 2. The maximum atomic E-state index is 12.3. The predicted molar refractivity (Wildman–Crippen MR) is 78.6 cm³/mol. The van der Waals surface area contributed by atoms with Crippen LogP contribution in [0.5, 0.6) is 0 Å². The van der Waals surface area contributed by atoms with Crippen molar-refractivity contribution in [1.29, 1.82) is 0 Å². The third kappa shape index (κ3) is 3.79. The molecule has 0 saturated carbocycles. The number of carbonyl (C=O) groups excluding carboxylic acids is 1. The Bertz CT molecular complexity index is 439. The lowest BCUT2D eigenvalue weighted by Crippen LogP contribution is -2.51. The van der Waals surface area contributed by atoms with Crippen LogP contribution in [0.4, 0.5) is 0 Å². The van der Waals surface area contributed by atoms with Gasteiger partial charge in [-0.25, -0.2) is 0 Å². The first-order valence-electron chi connectivity index (χ1n) is 7.06. The Morgan fingerprint density at radius 3 is 2.40 bits per heavy atom. The molecule has 1 aliphatic rings. The molecule has 0 aliphatic carbocycles. The van der Waals surface area contributed by atoms with Crippen molar-refractivity contribution in [2.45, 2.75) is 13.0 Å². The van der Waals surface area contributed by atoms with E-state index in [0.29, 0.717) is 19.6 Å². The molecule has 1 aromatic carbocycles. The summed E-state index contributed by atoms with van der Waals surface area (Å²) in [6.45, 7) is 5.85. The van der Waals surface area contributed by atoms with Crippen LogP contribution in [0.15, 0.2) is 24.3 Å². The van der Waals surface area contributed by atoms with Crippen LogP contribution in [0.2, 0.25) is 0 Å². The van der Waals surface area contributed by atoms with E-state index in [-0.39, 0.29) is 12.5 Å². The molecule has 0 aromatic heterocycles. The number of benzene rings is 1. The lowest BCUT2D eigenvalue weighted by atomic mass is 10.1. The van der Waals surface area contributed by atoms with Crippen molar-refractivity contribution in [1.82, 2.24) is 9.80 Å². The van der Waals surface area contributed by atoms with Gasteiger partial charge in [-0.1, -0.05) is 17.7 Å². The summed E-state index contributed by atoms with van der Waals surface area (Å²) in [5, 5.41) is 9.54. The molecule has 1 unspecified atom stereocenters. The highest BCUT2D eigenvalue weighted by molar-refractivity contribution is 5.94. The van der Waals surface area contributed by atoms with Crippen LogP contribution in [-0.4, -0.2) is 66.2 Å². The first kappa shape index (κ1) is 15.0. The van der Waals surface area contributed by atoms with Crippen LogP contribution in [0.3, 0.4) is 0 Å². The molecule has 5 heteroatoms. The number of rotatable bonds is 4. The lowest BCUT2D eigenvalue weighted by molar-refractivity contribution is 0.0541. The molecular formula is C15H23N3O2. The first-order chi connectivity index (χ1) is 9.60. The van der Waals surface area contributed by atoms with Gasteiger partial charge in [-0.15, -0.1) is 0 Å². The normalized spacial score (nSPS) is 18.1. The van der Waals surface area contributed by atoms with E-state index in [1.165, 1.54) is 0 Å². The van der Waals surface area contributed by atoms with E-state index in [9.17, 15) is 9.90 Å². The Morgan fingerprint density at radius 2 is 1.85 bits per heavy atom. The summed E-state index contributed by atoms with van der Waals surface area (Å²) in [7, 11) is 0. The van der Waals surface area contributed by atoms with Gasteiger partial charge in [-0.05, 0) is 19.1 Å². The van der Waals surface area contributed by atoms with Crippen molar-refractivity contribution >= 4 is 5.91 Å². The Labute approximate surface area is 120 Å². The number of piperazine rings is 1. The van der Waals surface area contributed by atoms with Gasteiger partial charge in [0.05, 0.1) is 6.10 Å². The molecule has 0 radical (unpaired) electrons. The average molecular weight is 277 g/mol. The quantitative estimate of drug-likeness (QED) is 0.817. The molecule has 20 heavy (non-hydrogen) atoms. The fourth-order valence-electron chi connectivity index (χ4n) is 2.38. The van der Waals surface area contributed by atoms with Crippen molar-refractivity contribution in [3.8, 4) is 0 Å². The summed E-state index contributed by atoms with van der Waals surface area (Å²) >= 11 is 0. The number of aliphatic hydroxyl groups is 1. The van der Waals surface area contributed by atoms with Crippen molar-refractivity contribution < 1.29 is 9.90 Å². The van der Waals surface area contributed by atoms with Gasteiger partial charge in [-0.3, -0.25) is 9.69 Å². The minimum absolute atomic E-state index is 0.0871. The second kappa shape index (κ2) is 6.83. The third-order valence-electron chi connectivity index (χ3n) is 3.70. The van der Waals surface area contributed by atoms with Gasteiger partial charge in [0.15, 0.2) is 0 Å². The van der Waals surface area contributed by atoms with E-state index in [0.717, 1.165) is 24.2 Å². The number of aryl methyl sites for hydroxylation is 1. The average Bonchev–Trinajstić information content (AvgIpc) is 2.48. The summed E-state index contributed by atoms with van der Waals surface area (Å²) in [4.78, 5) is 16.4. The maximum absolute atomic E-state index is 12.3. The fraction of sp³-hybridized carbons (Fsp3) is 0.533. The number of hydrogen-bond acceptors (Lipinski definition) is 4. The summed E-state index contributed by atoms with van der Waals surface area (Å²) in [5.41, 5.74) is 7.31. The van der Waals surface area contributed by atoms with E-state index in [4.69, 9.17) is 5.73 Å². The Balaban J connectivity index is 1.87. The largest absolute Gasteiger partial charge is 0.390 e. The van der Waals surface area contributed by atoms with Crippen LogP contribution < -0.4 is 5.73 Å². The van der Waals surface area contributed by atoms with E-state index in [1.807, 2.05) is 36.1 Å². The van der Waals surface area contributed by atoms with Crippen molar-refractivity contribution in [2.75, 3.05) is 39.3 Å². The monoisotopic (exact) mass is 277 g/mol. The molecular weight excluding hydrogens is 254 g/mol. The second-order valence-corrected chi connectivity index (χ2v) is 5.35. The van der Waals surface area contributed by atoms with E-state index < -0.39 is 6.10 Å². The van der Waals surface area contributed by atoms with E-state index in [2.05, 4.69) is 4.90 Å². The van der Waals surface area contributed by atoms with Crippen molar-refractivity contribution in [3.63, 3.8) is 0 Å². The van der Waals surface area contributed by atoms with Crippen LogP contribution in [-0.2, 0) is 0 Å². The smallest absolute Gasteiger partial charge is 0.253 e. The van der Waals surface area contributed by atoms with E-state index >= 15 is 0 Å². The van der Waals surface area contributed by atoms with Crippen LogP contribution in [0, 0.1) is 6.92 Å². The second-order valence-electron chi connectivity index (χ2n) is 5.35. The highest BCUT2D eigenvalue weighted by Gasteiger charge is 2.22. The van der Waals surface area contributed by atoms with E-state index in [1.54, 1.807) is 0 Å². The first-order valence-corrected chi connectivity index (χ1v) is 7.06. The van der Waals surface area contributed by atoms with Crippen LogP contribution in [0.1, 0.15) is 15.9 Å². The minimum atomic E-state index is -0.477. The molecule has 3 N–H and O–H groups in total. The molecule has 2 rings (SSSR count). The number of nitrogens with two attached hydrogens (primary N) is 1. The SMILES string of the molecule is Cc1ccc(C(=O)N2CCN(CC(O)CN)CC2)cc1. The van der Waals surface area contributed by atoms with Gasteiger partial charge in [0.25, 0.3) is 5.91 Å².